The van der Waals surface area contributed by atoms with Crippen LogP contribution in [-0.2, 0) is 0 Å². The Bertz CT molecular complexity index is 267. The van der Waals surface area contributed by atoms with E-state index in [4.69, 9.17) is 0 Å². The first-order valence-electron chi connectivity index (χ1n) is 6.32. The monoisotopic (exact) mass is 224 g/mol. The van der Waals surface area contributed by atoms with Crippen LogP contribution in [-0.4, -0.2) is 11.8 Å². The predicted molar refractivity (Wildman–Crippen MR) is 71.7 cm³/mol. The zero-order chi connectivity index (χ0) is 12.6. The Balaban J connectivity index is 2.73. The summed E-state index contributed by atoms with van der Waals surface area (Å²) in [6.45, 7) is 16.1. The summed E-state index contributed by atoms with van der Waals surface area (Å²) < 4.78 is 0. The summed E-state index contributed by atoms with van der Waals surface area (Å²) in [6, 6.07) is 0. The van der Waals surface area contributed by atoms with Gasteiger partial charge in [0.1, 0.15) is 0 Å². The molecule has 2 nitrogen and oxygen atoms in total. The van der Waals surface area contributed by atoms with E-state index < -0.39 is 0 Å². The zero-order valence-electron chi connectivity index (χ0n) is 12.0. The van der Waals surface area contributed by atoms with Gasteiger partial charge in [0.15, 0.2) is 0 Å². The highest BCUT2D eigenvalue weighted by atomic mass is 15.4. The molecule has 0 spiro atoms. The van der Waals surface area contributed by atoms with E-state index in [0.29, 0.717) is 16.7 Å². The third kappa shape index (κ3) is 3.80. The third-order valence-electron chi connectivity index (χ3n) is 3.12. The molecule has 1 N–H and O–H groups in total. The van der Waals surface area contributed by atoms with Crippen LogP contribution in [0.4, 0.5) is 0 Å². The summed E-state index contributed by atoms with van der Waals surface area (Å²) in [5.41, 5.74) is 4.16. The largest absolute Gasteiger partial charge is 0.304 e. The maximum atomic E-state index is 4.31. The van der Waals surface area contributed by atoms with Gasteiger partial charge in [-0.15, -0.1) is 0 Å². The first-order chi connectivity index (χ1) is 7.02. The van der Waals surface area contributed by atoms with Crippen molar-refractivity contribution in [2.24, 2.45) is 21.8 Å². The van der Waals surface area contributed by atoms with Gasteiger partial charge in [-0.25, -0.2) is 0 Å². The van der Waals surface area contributed by atoms with Crippen molar-refractivity contribution in [3.05, 3.63) is 0 Å². The molecule has 0 fully saturated rings. The molecule has 0 saturated carbocycles. The summed E-state index contributed by atoms with van der Waals surface area (Å²) >= 11 is 0. The van der Waals surface area contributed by atoms with Crippen molar-refractivity contribution in [1.82, 2.24) is 5.43 Å². The summed E-state index contributed by atoms with van der Waals surface area (Å²) in [5, 5.41) is 4.31. The fraction of sp³-hybridized carbons (Fsp3) is 0.929. The lowest BCUT2D eigenvalue weighted by Crippen LogP contribution is -2.46. The van der Waals surface area contributed by atoms with Gasteiger partial charge in [0.2, 0.25) is 0 Å². The molecule has 1 aliphatic rings. The van der Waals surface area contributed by atoms with Crippen LogP contribution in [0.2, 0.25) is 0 Å². The first kappa shape index (κ1) is 13.5. The number of rotatable bonds is 2. The second-order valence-electron chi connectivity index (χ2n) is 7.92. The van der Waals surface area contributed by atoms with E-state index in [1.807, 2.05) is 0 Å². The van der Waals surface area contributed by atoms with Crippen LogP contribution in [0.1, 0.15) is 61.3 Å². The molecule has 1 rings (SSSR count). The summed E-state index contributed by atoms with van der Waals surface area (Å²) in [6.07, 6.45) is 4.45. The number of nitrogens with zero attached hydrogens (tertiary/aromatic N) is 1. The van der Waals surface area contributed by atoms with Crippen molar-refractivity contribution in [3.8, 4) is 0 Å². The number of hydrazone groups is 1. The first-order valence-corrected chi connectivity index (χ1v) is 6.32. The van der Waals surface area contributed by atoms with Crippen molar-refractivity contribution >= 4 is 6.21 Å². The van der Waals surface area contributed by atoms with Crippen LogP contribution < -0.4 is 5.43 Å². The van der Waals surface area contributed by atoms with Gasteiger partial charge in [0.05, 0.1) is 5.54 Å². The predicted octanol–water partition coefficient (Wildman–Crippen LogP) is 3.82. The molecular formula is C14H28N2. The average Bonchev–Trinajstić information content (AvgIpc) is 2.24. The molecule has 0 aromatic heterocycles. The Kier molecular flexibility index (Phi) is 3.42. The van der Waals surface area contributed by atoms with Crippen molar-refractivity contribution < 1.29 is 0 Å². The van der Waals surface area contributed by atoms with Gasteiger partial charge >= 0.3 is 0 Å². The lowest BCUT2D eigenvalue weighted by Gasteiger charge is -2.38. The number of nitrogens with one attached hydrogen (secondary N) is 1. The molecule has 1 aliphatic heterocycles. The Morgan fingerprint density at radius 3 is 2.12 bits per heavy atom. The number of hydrogen-bond acceptors (Lipinski definition) is 2. The Hall–Kier alpha value is -0.530. The lowest BCUT2D eigenvalue weighted by molar-refractivity contribution is 0.173. The van der Waals surface area contributed by atoms with E-state index >= 15 is 0 Å². The van der Waals surface area contributed by atoms with Crippen molar-refractivity contribution in [2.45, 2.75) is 66.8 Å². The minimum atomic E-state index is 0.130. The van der Waals surface area contributed by atoms with Crippen LogP contribution in [0, 0.1) is 16.7 Å². The van der Waals surface area contributed by atoms with Gasteiger partial charge in [-0.1, -0.05) is 41.5 Å². The molecule has 0 aliphatic carbocycles. The smallest absolute Gasteiger partial charge is 0.0603 e. The van der Waals surface area contributed by atoms with Crippen LogP contribution in [0.3, 0.4) is 0 Å². The van der Waals surface area contributed by atoms with Crippen LogP contribution in [0.5, 0.6) is 0 Å². The molecule has 94 valence electrons. The highest BCUT2D eigenvalue weighted by molar-refractivity contribution is 5.65. The van der Waals surface area contributed by atoms with Gasteiger partial charge in [0.25, 0.3) is 0 Å². The Labute approximate surface area is 101 Å². The molecule has 1 heterocycles. The second-order valence-corrected chi connectivity index (χ2v) is 7.92. The van der Waals surface area contributed by atoms with Gasteiger partial charge < -0.3 is 5.43 Å². The van der Waals surface area contributed by atoms with Crippen molar-refractivity contribution in [1.29, 1.82) is 0 Å². The average molecular weight is 224 g/mol. The van der Waals surface area contributed by atoms with E-state index in [0.717, 1.165) is 6.42 Å². The molecule has 0 amide bonds. The van der Waals surface area contributed by atoms with Gasteiger partial charge in [-0.05, 0) is 30.6 Å². The molecule has 2 heteroatoms. The highest BCUT2D eigenvalue weighted by Gasteiger charge is 2.41. The fourth-order valence-corrected chi connectivity index (χ4v) is 2.73. The standard InChI is InChI=1S/C14H28N2/c1-12(2,3)8-11-9-15-16-14(11,7)10-13(4,5)6/h9,11,16H,8,10H2,1-7H3. The molecule has 0 radical (unpaired) electrons. The van der Waals surface area contributed by atoms with Crippen LogP contribution in [0.25, 0.3) is 0 Å². The molecule has 0 saturated heterocycles. The zero-order valence-corrected chi connectivity index (χ0v) is 12.0. The van der Waals surface area contributed by atoms with Crippen LogP contribution >= 0.6 is 0 Å². The topological polar surface area (TPSA) is 24.4 Å². The molecule has 0 aromatic rings. The molecule has 2 atom stereocenters. The summed E-state index contributed by atoms with van der Waals surface area (Å²) in [7, 11) is 0. The van der Waals surface area contributed by atoms with E-state index in [1.165, 1.54) is 6.42 Å². The van der Waals surface area contributed by atoms with Crippen molar-refractivity contribution in [2.75, 3.05) is 0 Å². The van der Waals surface area contributed by atoms with E-state index in [1.54, 1.807) is 0 Å². The Morgan fingerprint density at radius 2 is 1.69 bits per heavy atom. The van der Waals surface area contributed by atoms with Crippen LogP contribution in [0.15, 0.2) is 5.10 Å². The molecular weight excluding hydrogens is 196 g/mol. The van der Waals surface area contributed by atoms with Crippen molar-refractivity contribution in [3.63, 3.8) is 0 Å². The highest BCUT2D eigenvalue weighted by Crippen LogP contribution is 2.38. The maximum absolute atomic E-state index is 4.31. The summed E-state index contributed by atoms with van der Waals surface area (Å²) in [4.78, 5) is 0. The molecule has 0 bridgehead atoms. The lowest BCUT2D eigenvalue weighted by atomic mass is 9.70. The Morgan fingerprint density at radius 1 is 1.12 bits per heavy atom. The van der Waals surface area contributed by atoms with E-state index in [2.05, 4.69) is 65.2 Å². The minimum Gasteiger partial charge on any atom is -0.304 e. The van der Waals surface area contributed by atoms with Gasteiger partial charge in [-0.3, -0.25) is 0 Å². The SMILES string of the molecule is CC(C)(C)CC1C=NNC1(C)CC(C)(C)C. The van der Waals surface area contributed by atoms with E-state index in [-0.39, 0.29) is 5.54 Å². The minimum absolute atomic E-state index is 0.130. The molecule has 2 unspecified atom stereocenters. The fourth-order valence-electron chi connectivity index (χ4n) is 2.73. The third-order valence-corrected chi connectivity index (χ3v) is 3.12. The quantitative estimate of drug-likeness (QED) is 0.757. The summed E-state index contributed by atoms with van der Waals surface area (Å²) in [5.74, 6) is 0.548. The van der Waals surface area contributed by atoms with Gasteiger partial charge in [0, 0.05) is 12.1 Å². The van der Waals surface area contributed by atoms with Gasteiger partial charge in [-0.2, -0.15) is 5.10 Å². The van der Waals surface area contributed by atoms with E-state index in [9.17, 15) is 0 Å². The normalized spacial score (nSPS) is 30.6. The molecule has 16 heavy (non-hydrogen) atoms. The molecule has 0 aromatic carbocycles. The number of hydrogen-bond donors (Lipinski definition) is 1. The second kappa shape index (κ2) is 4.05. The maximum Gasteiger partial charge on any atom is 0.0603 e.